The van der Waals surface area contributed by atoms with E-state index in [0.717, 1.165) is 6.42 Å². The Labute approximate surface area is 122 Å². The minimum Gasteiger partial charge on any atom is -0.368 e. The number of nitrogens with zero attached hydrogens (tertiary/aromatic N) is 1. The topological polar surface area (TPSA) is 3.24 Å². The molecule has 2 aromatic carbocycles. The van der Waals surface area contributed by atoms with Crippen molar-refractivity contribution in [3.8, 4) is 0 Å². The van der Waals surface area contributed by atoms with Crippen LogP contribution in [0.15, 0.2) is 48.5 Å². The van der Waals surface area contributed by atoms with Gasteiger partial charge in [0.25, 0.3) is 0 Å². The lowest BCUT2D eigenvalue weighted by molar-refractivity contribution is 0.663. The van der Waals surface area contributed by atoms with Crippen LogP contribution >= 0.6 is 0 Å². The van der Waals surface area contributed by atoms with E-state index in [1.807, 2.05) is 0 Å². The van der Waals surface area contributed by atoms with Crippen molar-refractivity contribution in [2.75, 3.05) is 11.4 Å². The normalized spacial score (nSPS) is 18.5. The van der Waals surface area contributed by atoms with Crippen molar-refractivity contribution >= 4 is 5.69 Å². The molecule has 20 heavy (non-hydrogen) atoms. The van der Waals surface area contributed by atoms with Crippen molar-refractivity contribution in [1.82, 2.24) is 0 Å². The zero-order chi connectivity index (χ0) is 13.9. The first-order valence-electron chi connectivity index (χ1n) is 7.61. The zero-order valence-electron chi connectivity index (χ0n) is 12.5. The van der Waals surface area contributed by atoms with Crippen molar-refractivity contribution in [2.45, 2.75) is 39.2 Å². The maximum atomic E-state index is 2.58. The summed E-state index contributed by atoms with van der Waals surface area (Å²) in [4.78, 5) is 2.58. The van der Waals surface area contributed by atoms with Crippen molar-refractivity contribution in [3.63, 3.8) is 0 Å². The van der Waals surface area contributed by atoms with Gasteiger partial charge in [0.05, 0.1) is 0 Å². The molecule has 3 rings (SSSR count). The first kappa shape index (κ1) is 13.2. The number of benzene rings is 2. The van der Waals surface area contributed by atoms with E-state index >= 15 is 0 Å². The number of hydrogen-bond donors (Lipinski definition) is 0. The number of hydrogen-bond acceptors (Lipinski definition) is 1. The Morgan fingerprint density at radius 2 is 1.50 bits per heavy atom. The molecule has 104 valence electrons. The van der Waals surface area contributed by atoms with Crippen molar-refractivity contribution in [2.24, 2.45) is 0 Å². The third kappa shape index (κ3) is 2.87. The molecule has 1 aliphatic rings. The van der Waals surface area contributed by atoms with E-state index < -0.39 is 0 Å². The van der Waals surface area contributed by atoms with Gasteiger partial charge in [-0.1, -0.05) is 47.5 Å². The maximum absolute atomic E-state index is 2.58. The molecule has 0 aliphatic carbocycles. The quantitative estimate of drug-likeness (QED) is 0.789. The van der Waals surface area contributed by atoms with Gasteiger partial charge in [0.2, 0.25) is 0 Å². The van der Waals surface area contributed by atoms with Crippen LogP contribution in [0.4, 0.5) is 5.69 Å². The van der Waals surface area contributed by atoms with Crippen LogP contribution in [0.1, 0.15) is 29.5 Å². The fourth-order valence-corrected chi connectivity index (χ4v) is 3.12. The van der Waals surface area contributed by atoms with E-state index in [1.54, 1.807) is 0 Å². The Kier molecular flexibility index (Phi) is 3.77. The van der Waals surface area contributed by atoms with Crippen molar-refractivity contribution < 1.29 is 0 Å². The molecule has 0 aromatic heterocycles. The van der Waals surface area contributed by atoms with Crippen LogP contribution in [0, 0.1) is 13.8 Å². The van der Waals surface area contributed by atoms with Crippen molar-refractivity contribution in [1.29, 1.82) is 0 Å². The van der Waals surface area contributed by atoms with Crippen LogP contribution in [0.3, 0.4) is 0 Å². The second-order valence-electron chi connectivity index (χ2n) is 6.01. The molecule has 0 bridgehead atoms. The molecule has 0 N–H and O–H groups in total. The Morgan fingerprint density at radius 1 is 0.900 bits per heavy atom. The summed E-state index contributed by atoms with van der Waals surface area (Å²) >= 11 is 0. The highest BCUT2D eigenvalue weighted by Crippen LogP contribution is 2.28. The fraction of sp³-hybridized carbons (Fsp3) is 0.368. The lowest BCUT2D eigenvalue weighted by Crippen LogP contribution is -2.30. The van der Waals surface area contributed by atoms with Gasteiger partial charge in [0.15, 0.2) is 0 Å². The van der Waals surface area contributed by atoms with Gasteiger partial charge in [-0.05, 0) is 50.8 Å². The lowest BCUT2D eigenvalue weighted by Gasteiger charge is -2.27. The molecule has 1 atom stereocenters. The van der Waals surface area contributed by atoms with Gasteiger partial charge >= 0.3 is 0 Å². The minimum absolute atomic E-state index is 0.653. The smallest absolute Gasteiger partial charge is 0.0368 e. The summed E-state index contributed by atoms with van der Waals surface area (Å²) in [5.41, 5.74) is 5.52. The second-order valence-corrected chi connectivity index (χ2v) is 6.01. The fourth-order valence-electron chi connectivity index (χ4n) is 3.12. The third-order valence-corrected chi connectivity index (χ3v) is 4.33. The average Bonchev–Trinajstić information content (AvgIpc) is 2.90. The number of rotatable bonds is 3. The van der Waals surface area contributed by atoms with Crippen LogP contribution in [0.5, 0.6) is 0 Å². The molecule has 1 fully saturated rings. The third-order valence-electron chi connectivity index (χ3n) is 4.33. The summed E-state index contributed by atoms with van der Waals surface area (Å²) in [6.45, 7) is 5.50. The molecule has 2 aromatic rings. The van der Waals surface area contributed by atoms with Crippen LogP contribution in [-0.4, -0.2) is 12.6 Å². The van der Waals surface area contributed by atoms with E-state index in [9.17, 15) is 0 Å². The van der Waals surface area contributed by atoms with Gasteiger partial charge in [-0.2, -0.15) is 0 Å². The summed E-state index contributed by atoms with van der Waals surface area (Å²) in [6.07, 6.45) is 3.78. The number of anilines is 1. The molecular formula is C19H23N. The zero-order valence-corrected chi connectivity index (χ0v) is 12.5. The second kappa shape index (κ2) is 5.70. The number of aryl methyl sites for hydroxylation is 2. The Balaban J connectivity index is 1.75. The molecule has 1 nitrogen and oxygen atoms in total. The van der Waals surface area contributed by atoms with Crippen LogP contribution in [0.2, 0.25) is 0 Å². The van der Waals surface area contributed by atoms with Crippen LogP contribution < -0.4 is 4.90 Å². The highest BCUT2D eigenvalue weighted by atomic mass is 15.2. The molecular weight excluding hydrogens is 242 g/mol. The van der Waals surface area contributed by atoms with Gasteiger partial charge < -0.3 is 4.90 Å². The van der Waals surface area contributed by atoms with E-state index in [0.29, 0.717) is 6.04 Å². The maximum Gasteiger partial charge on any atom is 0.0368 e. The van der Waals surface area contributed by atoms with E-state index in [-0.39, 0.29) is 0 Å². The minimum atomic E-state index is 0.653. The largest absolute Gasteiger partial charge is 0.368 e. The molecule has 0 amide bonds. The van der Waals surface area contributed by atoms with Gasteiger partial charge in [0, 0.05) is 18.3 Å². The van der Waals surface area contributed by atoms with E-state index in [2.05, 4.69) is 67.3 Å². The monoisotopic (exact) mass is 265 g/mol. The summed E-state index contributed by atoms with van der Waals surface area (Å²) in [5, 5.41) is 0. The highest BCUT2D eigenvalue weighted by Gasteiger charge is 2.24. The predicted molar refractivity (Wildman–Crippen MR) is 86.4 cm³/mol. The standard InChI is InChI=1S/C19H23N/c1-15-5-9-17(10-6-15)14-19-4-3-13-20(19)18-11-7-16(2)8-12-18/h5-12,19H,3-4,13-14H2,1-2H3. The SMILES string of the molecule is Cc1ccc(CC2CCCN2c2ccc(C)cc2)cc1. The molecule has 1 saturated heterocycles. The Morgan fingerprint density at radius 3 is 2.15 bits per heavy atom. The van der Waals surface area contributed by atoms with Gasteiger partial charge in [-0.3, -0.25) is 0 Å². The Hall–Kier alpha value is -1.76. The first-order chi connectivity index (χ1) is 9.72. The van der Waals surface area contributed by atoms with Crippen LogP contribution in [0.25, 0.3) is 0 Å². The van der Waals surface area contributed by atoms with Gasteiger partial charge in [-0.25, -0.2) is 0 Å². The summed E-state index contributed by atoms with van der Waals surface area (Å²) in [5.74, 6) is 0. The van der Waals surface area contributed by atoms with Gasteiger partial charge in [0.1, 0.15) is 0 Å². The predicted octanol–water partition coefficient (Wildman–Crippen LogP) is 4.51. The molecule has 0 spiro atoms. The molecule has 1 unspecified atom stereocenters. The average molecular weight is 265 g/mol. The molecule has 1 aliphatic heterocycles. The van der Waals surface area contributed by atoms with Crippen LogP contribution in [-0.2, 0) is 6.42 Å². The summed E-state index contributed by atoms with van der Waals surface area (Å²) in [7, 11) is 0. The summed E-state index contributed by atoms with van der Waals surface area (Å²) in [6, 6.07) is 18.6. The van der Waals surface area contributed by atoms with E-state index in [4.69, 9.17) is 0 Å². The lowest BCUT2D eigenvalue weighted by atomic mass is 10.0. The molecule has 1 heterocycles. The van der Waals surface area contributed by atoms with Crippen molar-refractivity contribution in [3.05, 3.63) is 65.2 Å². The molecule has 0 radical (unpaired) electrons. The van der Waals surface area contributed by atoms with Gasteiger partial charge in [-0.15, -0.1) is 0 Å². The summed E-state index contributed by atoms with van der Waals surface area (Å²) < 4.78 is 0. The Bertz CT molecular complexity index is 553. The highest BCUT2D eigenvalue weighted by molar-refractivity contribution is 5.49. The van der Waals surface area contributed by atoms with E-state index in [1.165, 1.54) is 41.8 Å². The molecule has 0 saturated carbocycles. The first-order valence-corrected chi connectivity index (χ1v) is 7.61. The molecule has 1 heteroatoms.